The van der Waals surface area contributed by atoms with Crippen molar-refractivity contribution in [3.05, 3.63) is 120 Å². The van der Waals surface area contributed by atoms with Crippen LogP contribution in [-0.4, -0.2) is 17.8 Å². The molecule has 1 saturated heterocycles. The number of nitrogens with one attached hydrogen (secondary N) is 2. The van der Waals surface area contributed by atoms with Crippen LogP contribution >= 0.6 is 102 Å². The molecule has 0 aromatic carbocycles. The summed E-state index contributed by atoms with van der Waals surface area (Å²) in [7, 11) is 0. The quantitative estimate of drug-likeness (QED) is 0.0240. The van der Waals surface area contributed by atoms with Gasteiger partial charge in [0, 0.05) is 89.8 Å². The number of urea groups is 1. The van der Waals surface area contributed by atoms with Gasteiger partial charge < -0.3 is 0 Å². The number of thiophene rings is 9. The van der Waals surface area contributed by atoms with Crippen molar-refractivity contribution >= 4 is 126 Å². The fraction of sp³-hybridized carbons (Fsp3) is 0.423. The van der Waals surface area contributed by atoms with Gasteiger partial charge in [0.1, 0.15) is 5.57 Å². The second-order valence-electron chi connectivity index (χ2n) is 22.6. The molecule has 1 aliphatic rings. The van der Waals surface area contributed by atoms with E-state index in [1.165, 1.54) is 222 Å². The maximum atomic E-state index is 12.8. The molecule has 0 saturated carbocycles. The van der Waals surface area contributed by atoms with E-state index in [1.807, 2.05) is 96.8 Å². The number of hydrogen-bond acceptors (Lipinski definition) is 12. The lowest BCUT2D eigenvalue weighted by Gasteiger charge is -2.13. The van der Waals surface area contributed by atoms with E-state index in [-0.39, 0.29) is 5.57 Å². The van der Waals surface area contributed by atoms with Gasteiger partial charge in [-0.25, -0.2) is 4.79 Å². The molecule has 1 aliphatic heterocycles. The van der Waals surface area contributed by atoms with E-state index in [2.05, 4.69) is 124 Å². The van der Waals surface area contributed by atoms with Gasteiger partial charge in [0.05, 0.1) is 14.6 Å². The monoisotopic (exact) mass is 1300 g/mol. The molecular weight excluding hydrogens is 1220 g/mol. The average Bonchev–Trinajstić information content (AvgIpc) is 3.35. The lowest BCUT2D eigenvalue weighted by Crippen LogP contribution is -2.51. The molecule has 9 aromatic rings. The SMILES string of the molecule is CCCCCCc1ccc(-c2cc(-c3cc(-c4cc(CCCCCC)c(-c5ccc(C=C6C(=O)NC(=O)NC6=O)s5)s4)sc3-c3cc(-c4ccc(CCCCCC)s4)c(-c4ccc(CCCCCC)s4)s3)sc2-c2ccc(CCCCCC)s2)s1. The molecule has 0 spiro atoms. The highest BCUT2D eigenvalue weighted by molar-refractivity contribution is 7.31. The minimum Gasteiger partial charge on any atom is -0.273 e. The number of rotatable bonds is 34. The van der Waals surface area contributed by atoms with Gasteiger partial charge in [-0.2, -0.15) is 0 Å². The maximum Gasteiger partial charge on any atom is 0.328 e. The first-order valence-electron chi connectivity index (χ1n) is 31.5. The van der Waals surface area contributed by atoms with E-state index in [9.17, 15) is 14.4 Å². The van der Waals surface area contributed by atoms with Gasteiger partial charge in [0.15, 0.2) is 0 Å². The van der Waals surface area contributed by atoms with E-state index in [4.69, 9.17) is 0 Å². The zero-order valence-corrected chi connectivity index (χ0v) is 57.6. The van der Waals surface area contributed by atoms with E-state index in [0.717, 1.165) is 48.3 Å². The molecule has 5 nitrogen and oxygen atoms in total. The first kappa shape index (κ1) is 63.7. The Hall–Kier alpha value is -4.35. The number of imide groups is 2. The van der Waals surface area contributed by atoms with E-state index in [0.29, 0.717) is 0 Å². The van der Waals surface area contributed by atoms with Crippen LogP contribution in [0.25, 0.3) is 86.2 Å². The van der Waals surface area contributed by atoms with Crippen molar-refractivity contribution in [1.29, 1.82) is 0 Å². The lowest BCUT2D eigenvalue weighted by atomic mass is 10.1. The topological polar surface area (TPSA) is 75.3 Å². The summed E-state index contributed by atoms with van der Waals surface area (Å²) < 4.78 is 0. The Morgan fingerprint density at radius 2 is 0.671 bits per heavy atom. The van der Waals surface area contributed by atoms with Crippen LogP contribution in [0, 0.1) is 0 Å². The third-order valence-electron chi connectivity index (χ3n) is 15.8. The Morgan fingerprint density at radius 3 is 1.16 bits per heavy atom. The molecule has 0 radical (unpaired) electrons. The Kier molecular flexibility index (Phi) is 23.7. The zero-order valence-electron chi connectivity index (χ0n) is 50.2. The van der Waals surface area contributed by atoms with Crippen molar-refractivity contribution in [2.24, 2.45) is 0 Å². The third-order valence-corrected chi connectivity index (χ3v) is 27.1. The Balaban J connectivity index is 1.12. The van der Waals surface area contributed by atoms with Crippen LogP contribution in [0.4, 0.5) is 4.79 Å². The van der Waals surface area contributed by atoms with Crippen molar-refractivity contribution in [3.63, 3.8) is 0 Å². The van der Waals surface area contributed by atoms with E-state index >= 15 is 0 Å². The number of carbonyl (C=O) groups excluding carboxylic acids is 3. The van der Waals surface area contributed by atoms with Gasteiger partial charge in [0.2, 0.25) is 0 Å². The summed E-state index contributed by atoms with van der Waals surface area (Å²) in [6, 6.07) is 32.7. The molecular formula is C71H82N2O3S9. The summed E-state index contributed by atoms with van der Waals surface area (Å²) in [6.45, 7) is 11.5. The summed E-state index contributed by atoms with van der Waals surface area (Å²) >= 11 is 17.4. The largest absolute Gasteiger partial charge is 0.328 e. The second kappa shape index (κ2) is 31.7. The minimum absolute atomic E-state index is 0.0641. The molecule has 4 amide bonds. The number of amides is 4. The van der Waals surface area contributed by atoms with Crippen LogP contribution < -0.4 is 10.6 Å². The van der Waals surface area contributed by atoms with Gasteiger partial charge >= 0.3 is 6.03 Å². The van der Waals surface area contributed by atoms with Gasteiger partial charge in [-0.15, -0.1) is 102 Å². The van der Waals surface area contributed by atoms with Gasteiger partial charge in [-0.3, -0.25) is 20.2 Å². The molecule has 0 aliphatic carbocycles. The molecule has 0 bridgehead atoms. The molecule has 448 valence electrons. The van der Waals surface area contributed by atoms with Gasteiger partial charge in [-0.1, -0.05) is 131 Å². The summed E-state index contributed by atoms with van der Waals surface area (Å²) in [4.78, 5) is 61.4. The molecule has 9 aromatic heterocycles. The van der Waals surface area contributed by atoms with Crippen LogP contribution in [0.2, 0.25) is 0 Å². The standard InChI is InChI=1S/C71H82N2O3S9/c1-6-11-16-21-26-46-41-62(83-65(46)58-40-35-51(81-58)42-55-69(74)72-71(76)73-70(55)75)63-44-54(61-43-52(56-36-31-47(77-56)27-22-17-12-7-2)66(82-61)59-38-33-49(79-59)29-24-19-14-9-4)68(84-63)64-45-53(57-37-32-48(78-57)28-23-18-13-8-3)67(85-64)60-39-34-50(80-60)30-25-20-15-10-5/h31-45H,6-30H2,1-5H3,(H2,72,73,74,75,76). The Bertz CT molecular complexity index is 3350. The molecule has 85 heavy (non-hydrogen) atoms. The predicted octanol–water partition coefficient (Wildman–Crippen LogP) is 24.9. The summed E-state index contributed by atoms with van der Waals surface area (Å²) in [6.07, 6.45) is 32.1. The van der Waals surface area contributed by atoms with Crippen LogP contribution in [0.5, 0.6) is 0 Å². The average molecular weight is 1300 g/mol. The van der Waals surface area contributed by atoms with Crippen LogP contribution in [0.3, 0.4) is 0 Å². The Morgan fingerprint density at radius 1 is 0.318 bits per heavy atom. The smallest absolute Gasteiger partial charge is 0.273 e. The highest BCUT2D eigenvalue weighted by Gasteiger charge is 2.29. The number of hydrogen-bond donors (Lipinski definition) is 2. The molecule has 0 atom stereocenters. The molecule has 0 unspecified atom stereocenters. The number of carbonyl (C=O) groups is 3. The van der Waals surface area contributed by atoms with Crippen LogP contribution in [-0.2, 0) is 41.7 Å². The highest BCUT2D eigenvalue weighted by Crippen LogP contribution is 2.56. The normalized spacial score (nSPS) is 12.8. The number of aryl methyl sites for hydroxylation is 5. The number of unbranched alkanes of at least 4 members (excludes halogenated alkanes) is 15. The summed E-state index contributed by atoms with van der Waals surface area (Å²) in [5.41, 5.74) is 5.30. The van der Waals surface area contributed by atoms with Crippen molar-refractivity contribution in [2.75, 3.05) is 0 Å². The zero-order chi connectivity index (χ0) is 59.1. The summed E-state index contributed by atoms with van der Waals surface area (Å²) in [5.74, 6) is -1.35. The fourth-order valence-electron chi connectivity index (χ4n) is 11.1. The van der Waals surface area contributed by atoms with Crippen molar-refractivity contribution < 1.29 is 14.4 Å². The minimum atomic E-state index is -0.791. The molecule has 14 heteroatoms. The highest BCUT2D eigenvalue weighted by atomic mass is 32.1. The first-order chi connectivity index (χ1) is 41.6. The Labute approximate surface area is 541 Å². The van der Waals surface area contributed by atoms with Crippen LogP contribution in [0.15, 0.2) is 90.5 Å². The van der Waals surface area contributed by atoms with Crippen molar-refractivity contribution in [2.45, 2.75) is 195 Å². The van der Waals surface area contributed by atoms with Crippen molar-refractivity contribution in [3.8, 4) is 80.1 Å². The maximum absolute atomic E-state index is 12.8. The van der Waals surface area contributed by atoms with Gasteiger partial charge in [-0.05, 0) is 161 Å². The van der Waals surface area contributed by atoms with E-state index < -0.39 is 17.8 Å². The lowest BCUT2D eigenvalue weighted by molar-refractivity contribution is -0.123. The molecule has 2 N–H and O–H groups in total. The fourth-order valence-corrected chi connectivity index (χ4v) is 21.8. The number of barbiturate groups is 1. The molecule has 10 heterocycles. The third kappa shape index (κ3) is 16.5. The van der Waals surface area contributed by atoms with E-state index in [1.54, 1.807) is 17.4 Å². The molecule has 1 fully saturated rings. The van der Waals surface area contributed by atoms with Gasteiger partial charge in [0.25, 0.3) is 11.8 Å². The summed E-state index contributed by atoms with van der Waals surface area (Å²) in [5, 5.41) is 4.46. The van der Waals surface area contributed by atoms with Crippen LogP contribution in [0.1, 0.15) is 193 Å². The first-order valence-corrected chi connectivity index (χ1v) is 38.9. The predicted molar refractivity (Wildman–Crippen MR) is 380 cm³/mol. The van der Waals surface area contributed by atoms with Crippen molar-refractivity contribution in [1.82, 2.24) is 10.6 Å². The second-order valence-corrected chi connectivity index (χ2v) is 32.6. The molecule has 10 rings (SSSR count).